The van der Waals surface area contributed by atoms with Gasteiger partial charge in [-0.2, -0.15) is 0 Å². The standard InChI is InChI=1S/C22H23FN2O2/c23-18-10-6-15(7-11-18)12-24-21(26)20-14-25(22(27)17-8-9-17)13-19(20)16-4-2-1-3-5-16/h1-7,10-11,17,19-20H,8-9,12-14H2,(H,24,26). The van der Waals surface area contributed by atoms with E-state index >= 15 is 0 Å². The molecule has 0 radical (unpaired) electrons. The molecule has 2 aromatic rings. The van der Waals surface area contributed by atoms with Gasteiger partial charge in [-0.25, -0.2) is 4.39 Å². The summed E-state index contributed by atoms with van der Waals surface area (Å²) in [6.07, 6.45) is 1.93. The molecule has 1 aliphatic heterocycles. The van der Waals surface area contributed by atoms with Crippen LogP contribution in [-0.2, 0) is 16.1 Å². The van der Waals surface area contributed by atoms with E-state index in [2.05, 4.69) is 5.32 Å². The summed E-state index contributed by atoms with van der Waals surface area (Å²) in [5, 5.41) is 2.97. The van der Waals surface area contributed by atoms with E-state index in [0.29, 0.717) is 19.6 Å². The molecule has 4 nitrogen and oxygen atoms in total. The fourth-order valence-electron chi connectivity index (χ4n) is 3.80. The van der Waals surface area contributed by atoms with Gasteiger partial charge in [0.2, 0.25) is 11.8 Å². The number of hydrogen-bond donors (Lipinski definition) is 1. The zero-order valence-electron chi connectivity index (χ0n) is 15.1. The minimum absolute atomic E-state index is 0.00196. The molecule has 2 aliphatic rings. The number of nitrogens with one attached hydrogen (secondary N) is 1. The van der Waals surface area contributed by atoms with Crippen molar-refractivity contribution >= 4 is 11.8 Å². The van der Waals surface area contributed by atoms with Gasteiger partial charge in [0.05, 0.1) is 5.92 Å². The Labute approximate surface area is 158 Å². The van der Waals surface area contributed by atoms with Gasteiger partial charge in [0.15, 0.2) is 0 Å². The lowest BCUT2D eigenvalue weighted by Crippen LogP contribution is -2.35. The third-order valence-corrected chi connectivity index (χ3v) is 5.50. The van der Waals surface area contributed by atoms with Crippen molar-refractivity contribution in [2.24, 2.45) is 11.8 Å². The first-order chi connectivity index (χ1) is 13.1. The maximum atomic E-state index is 13.0. The fourth-order valence-corrected chi connectivity index (χ4v) is 3.80. The number of likely N-dealkylation sites (tertiary alicyclic amines) is 1. The van der Waals surface area contributed by atoms with Crippen LogP contribution in [0.5, 0.6) is 0 Å². The molecule has 1 saturated carbocycles. The number of nitrogens with zero attached hydrogens (tertiary/aromatic N) is 1. The lowest BCUT2D eigenvalue weighted by Gasteiger charge is -2.18. The van der Waals surface area contributed by atoms with E-state index in [1.54, 1.807) is 12.1 Å². The molecule has 1 aliphatic carbocycles. The van der Waals surface area contributed by atoms with Crippen LogP contribution in [0.25, 0.3) is 0 Å². The number of rotatable bonds is 5. The molecule has 0 aromatic heterocycles. The average Bonchev–Trinajstić information content (AvgIpc) is 3.45. The molecular formula is C22H23FN2O2. The normalized spacial score (nSPS) is 21.9. The summed E-state index contributed by atoms with van der Waals surface area (Å²) in [6.45, 7) is 1.41. The minimum Gasteiger partial charge on any atom is -0.352 e. The summed E-state index contributed by atoms with van der Waals surface area (Å²) in [4.78, 5) is 27.3. The Morgan fingerprint density at radius 3 is 2.37 bits per heavy atom. The zero-order valence-corrected chi connectivity index (χ0v) is 15.1. The van der Waals surface area contributed by atoms with E-state index in [1.807, 2.05) is 35.2 Å². The van der Waals surface area contributed by atoms with E-state index in [4.69, 9.17) is 0 Å². The van der Waals surface area contributed by atoms with Gasteiger partial charge in [0, 0.05) is 31.5 Å². The van der Waals surface area contributed by atoms with Crippen LogP contribution < -0.4 is 5.32 Å². The van der Waals surface area contributed by atoms with Gasteiger partial charge in [0.25, 0.3) is 0 Å². The molecule has 140 valence electrons. The minimum atomic E-state index is -0.292. The molecule has 2 amide bonds. The van der Waals surface area contributed by atoms with Gasteiger partial charge in [-0.1, -0.05) is 42.5 Å². The van der Waals surface area contributed by atoms with Crippen molar-refractivity contribution in [2.75, 3.05) is 13.1 Å². The van der Waals surface area contributed by atoms with E-state index in [0.717, 1.165) is 24.0 Å². The predicted octanol–water partition coefficient (Wildman–Crippen LogP) is 3.09. The van der Waals surface area contributed by atoms with Crippen LogP contribution in [0, 0.1) is 17.7 Å². The summed E-state index contributed by atoms with van der Waals surface area (Å²) in [7, 11) is 0. The fraction of sp³-hybridized carbons (Fsp3) is 0.364. The summed E-state index contributed by atoms with van der Waals surface area (Å²) in [6, 6.07) is 16.0. The first kappa shape index (κ1) is 17.7. The Morgan fingerprint density at radius 2 is 1.70 bits per heavy atom. The van der Waals surface area contributed by atoms with E-state index in [1.165, 1.54) is 12.1 Å². The third kappa shape index (κ3) is 4.02. The van der Waals surface area contributed by atoms with Crippen LogP contribution in [0.15, 0.2) is 54.6 Å². The number of benzene rings is 2. The van der Waals surface area contributed by atoms with E-state index in [9.17, 15) is 14.0 Å². The second kappa shape index (κ2) is 7.51. The molecule has 1 N–H and O–H groups in total. The SMILES string of the molecule is O=C(NCc1ccc(F)cc1)C1CN(C(=O)C2CC2)CC1c1ccccc1. The Kier molecular flexibility index (Phi) is 4.92. The van der Waals surface area contributed by atoms with Crippen LogP contribution in [0.2, 0.25) is 0 Å². The van der Waals surface area contributed by atoms with E-state index < -0.39 is 0 Å². The highest BCUT2D eigenvalue weighted by Crippen LogP contribution is 2.37. The highest BCUT2D eigenvalue weighted by molar-refractivity contribution is 5.85. The zero-order chi connectivity index (χ0) is 18.8. The van der Waals surface area contributed by atoms with Crippen molar-refractivity contribution in [3.8, 4) is 0 Å². The van der Waals surface area contributed by atoms with Gasteiger partial charge in [-0.05, 0) is 36.1 Å². The molecule has 2 atom stereocenters. The number of halogens is 1. The van der Waals surface area contributed by atoms with Crippen molar-refractivity contribution in [3.63, 3.8) is 0 Å². The summed E-state index contributed by atoms with van der Waals surface area (Å²) in [5.74, 6) is -0.275. The molecule has 0 bridgehead atoms. The molecule has 1 saturated heterocycles. The van der Waals surface area contributed by atoms with Gasteiger partial charge in [0.1, 0.15) is 5.82 Å². The van der Waals surface area contributed by atoms with Gasteiger partial charge >= 0.3 is 0 Å². The van der Waals surface area contributed by atoms with Crippen LogP contribution >= 0.6 is 0 Å². The van der Waals surface area contributed by atoms with Crippen LogP contribution in [-0.4, -0.2) is 29.8 Å². The lowest BCUT2D eigenvalue weighted by molar-refractivity contribution is -0.132. The summed E-state index contributed by atoms with van der Waals surface area (Å²) in [5.41, 5.74) is 1.94. The smallest absolute Gasteiger partial charge is 0.225 e. The Morgan fingerprint density at radius 1 is 1.00 bits per heavy atom. The van der Waals surface area contributed by atoms with Crippen molar-refractivity contribution in [1.29, 1.82) is 0 Å². The van der Waals surface area contributed by atoms with Crippen LogP contribution in [0.1, 0.15) is 29.9 Å². The molecule has 1 heterocycles. The first-order valence-corrected chi connectivity index (χ1v) is 9.47. The Hall–Kier alpha value is -2.69. The average molecular weight is 366 g/mol. The molecule has 27 heavy (non-hydrogen) atoms. The van der Waals surface area contributed by atoms with Gasteiger partial charge in [-0.15, -0.1) is 0 Å². The lowest BCUT2D eigenvalue weighted by atomic mass is 9.88. The molecule has 5 heteroatoms. The highest BCUT2D eigenvalue weighted by atomic mass is 19.1. The molecule has 2 fully saturated rings. The van der Waals surface area contributed by atoms with Crippen molar-refractivity contribution in [2.45, 2.75) is 25.3 Å². The monoisotopic (exact) mass is 366 g/mol. The van der Waals surface area contributed by atoms with E-state index in [-0.39, 0.29) is 35.4 Å². The summed E-state index contributed by atoms with van der Waals surface area (Å²) >= 11 is 0. The Bertz CT molecular complexity index is 818. The van der Waals surface area contributed by atoms with Crippen molar-refractivity contribution in [1.82, 2.24) is 10.2 Å². The molecule has 2 unspecified atom stereocenters. The quantitative estimate of drug-likeness (QED) is 0.884. The summed E-state index contributed by atoms with van der Waals surface area (Å²) < 4.78 is 13.0. The number of carbonyl (C=O) groups is 2. The van der Waals surface area contributed by atoms with Crippen molar-refractivity contribution in [3.05, 3.63) is 71.5 Å². The van der Waals surface area contributed by atoms with Crippen LogP contribution in [0.3, 0.4) is 0 Å². The molecule has 0 spiro atoms. The topological polar surface area (TPSA) is 49.4 Å². The Balaban J connectivity index is 1.47. The number of hydrogen-bond acceptors (Lipinski definition) is 2. The first-order valence-electron chi connectivity index (χ1n) is 9.47. The predicted molar refractivity (Wildman–Crippen MR) is 100 cm³/mol. The molecule has 2 aromatic carbocycles. The largest absolute Gasteiger partial charge is 0.352 e. The third-order valence-electron chi connectivity index (χ3n) is 5.50. The maximum absolute atomic E-state index is 13.0. The molecular weight excluding hydrogens is 343 g/mol. The number of amides is 2. The molecule has 4 rings (SSSR count). The highest BCUT2D eigenvalue weighted by Gasteiger charge is 2.43. The van der Waals surface area contributed by atoms with Crippen LogP contribution in [0.4, 0.5) is 4.39 Å². The maximum Gasteiger partial charge on any atom is 0.225 e. The second-order valence-corrected chi connectivity index (χ2v) is 7.49. The van der Waals surface area contributed by atoms with Gasteiger partial charge in [-0.3, -0.25) is 9.59 Å². The van der Waals surface area contributed by atoms with Crippen molar-refractivity contribution < 1.29 is 14.0 Å². The number of carbonyl (C=O) groups excluding carboxylic acids is 2. The second-order valence-electron chi connectivity index (χ2n) is 7.49. The van der Waals surface area contributed by atoms with Gasteiger partial charge < -0.3 is 10.2 Å².